The van der Waals surface area contributed by atoms with Crippen LogP contribution in [0, 0.1) is 12.8 Å². The Hall–Kier alpha value is -3.39. The van der Waals surface area contributed by atoms with Gasteiger partial charge in [0.25, 0.3) is 0 Å². The van der Waals surface area contributed by atoms with Gasteiger partial charge in [-0.3, -0.25) is 14.4 Å². The van der Waals surface area contributed by atoms with Gasteiger partial charge < -0.3 is 24.8 Å². The number of benzene rings is 2. The van der Waals surface area contributed by atoms with E-state index in [0.29, 0.717) is 25.4 Å². The molecular formula is C25H30N4O4. The number of hydrogen-bond donors (Lipinski definition) is 1. The Kier molecular flexibility index (Phi) is 6.93. The summed E-state index contributed by atoms with van der Waals surface area (Å²) in [6.07, 6.45) is 0.154. The van der Waals surface area contributed by atoms with Gasteiger partial charge in [-0.05, 0) is 43.3 Å². The first kappa shape index (κ1) is 22.8. The minimum atomic E-state index is -0.454. The summed E-state index contributed by atoms with van der Waals surface area (Å²) in [6, 6.07) is 15.3. The lowest BCUT2D eigenvalue weighted by Gasteiger charge is -2.29. The number of rotatable bonds is 6. The van der Waals surface area contributed by atoms with E-state index in [1.165, 1.54) is 4.90 Å². The number of amides is 3. The largest absolute Gasteiger partial charge is 0.378 e. The Labute approximate surface area is 194 Å². The molecule has 0 spiro atoms. The predicted octanol–water partition coefficient (Wildman–Crippen LogP) is 2.28. The van der Waals surface area contributed by atoms with Crippen molar-refractivity contribution in [2.45, 2.75) is 13.3 Å². The van der Waals surface area contributed by atoms with Crippen molar-refractivity contribution < 1.29 is 19.1 Å². The molecule has 4 rings (SSSR count). The fourth-order valence-electron chi connectivity index (χ4n) is 4.23. The van der Waals surface area contributed by atoms with Crippen LogP contribution in [0.3, 0.4) is 0 Å². The van der Waals surface area contributed by atoms with Crippen LogP contribution in [0.4, 0.5) is 17.1 Å². The first-order chi connectivity index (χ1) is 15.9. The molecule has 0 radical (unpaired) electrons. The Morgan fingerprint density at radius 2 is 1.67 bits per heavy atom. The smallest absolute Gasteiger partial charge is 0.243 e. The van der Waals surface area contributed by atoms with Gasteiger partial charge in [0.1, 0.15) is 0 Å². The van der Waals surface area contributed by atoms with Gasteiger partial charge in [0.05, 0.1) is 25.7 Å². The number of anilines is 3. The summed E-state index contributed by atoms with van der Waals surface area (Å²) < 4.78 is 5.38. The molecule has 2 aliphatic heterocycles. The number of carbonyl (C=O) groups excluding carboxylic acids is 3. The zero-order valence-corrected chi connectivity index (χ0v) is 19.1. The molecule has 2 saturated heterocycles. The molecule has 1 N–H and O–H groups in total. The summed E-state index contributed by atoms with van der Waals surface area (Å²) in [5.41, 5.74) is 3.67. The third kappa shape index (κ3) is 5.51. The molecule has 0 bridgehead atoms. The molecular weight excluding hydrogens is 420 g/mol. The summed E-state index contributed by atoms with van der Waals surface area (Å²) in [7, 11) is 1.60. The van der Waals surface area contributed by atoms with Gasteiger partial charge in [-0.25, -0.2) is 0 Å². The lowest BCUT2D eigenvalue weighted by Crippen LogP contribution is -2.39. The van der Waals surface area contributed by atoms with Crippen LogP contribution in [0.2, 0.25) is 0 Å². The van der Waals surface area contributed by atoms with E-state index >= 15 is 0 Å². The normalized spacial score (nSPS) is 18.4. The van der Waals surface area contributed by atoms with Crippen molar-refractivity contribution in [3.8, 4) is 0 Å². The molecule has 0 aliphatic carbocycles. The zero-order valence-electron chi connectivity index (χ0n) is 19.1. The minimum absolute atomic E-state index is 0.0702. The third-order valence-electron chi connectivity index (χ3n) is 6.10. The molecule has 1 atom stereocenters. The quantitative estimate of drug-likeness (QED) is 0.730. The number of likely N-dealkylation sites (N-methyl/N-ethyl adjacent to an activating group) is 1. The summed E-state index contributed by atoms with van der Waals surface area (Å²) in [6.45, 7) is 5.38. The van der Waals surface area contributed by atoms with Gasteiger partial charge in [-0.1, -0.05) is 17.7 Å². The fraction of sp³-hybridized carbons (Fsp3) is 0.400. The summed E-state index contributed by atoms with van der Waals surface area (Å²) in [5.74, 6) is -1.000. The highest BCUT2D eigenvalue weighted by atomic mass is 16.5. The molecule has 1 unspecified atom stereocenters. The van der Waals surface area contributed by atoms with Gasteiger partial charge in [-0.2, -0.15) is 0 Å². The number of carbonyl (C=O) groups is 3. The predicted molar refractivity (Wildman–Crippen MR) is 127 cm³/mol. The fourth-order valence-corrected chi connectivity index (χ4v) is 4.23. The van der Waals surface area contributed by atoms with Crippen LogP contribution in [-0.4, -0.2) is 69.1 Å². The van der Waals surface area contributed by atoms with E-state index in [2.05, 4.69) is 10.2 Å². The van der Waals surface area contributed by atoms with Gasteiger partial charge in [0.15, 0.2) is 0 Å². The SMILES string of the molecule is Cc1ccc(N2CC(C(=O)N(C)CC(=O)Nc3ccc(N4CCOCC4)cc3)CC2=O)cc1. The van der Waals surface area contributed by atoms with Crippen molar-refractivity contribution in [1.29, 1.82) is 0 Å². The maximum Gasteiger partial charge on any atom is 0.243 e. The molecule has 2 aromatic rings. The average molecular weight is 451 g/mol. The Morgan fingerprint density at radius 3 is 2.33 bits per heavy atom. The molecule has 2 aliphatic rings. The second-order valence-corrected chi connectivity index (χ2v) is 8.63. The highest BCUT2D eigenvalue weighted by Gasteiger charge is 2.36. The zero-order chi connectivity index (χ0) is 23.4. The monoisotopic (exact) mass is 450 g/mol. The summed E-state index contributed by atoms with van der Waals surface area (Å²) >= 11 is 0. The van der Waals surface area contributed by atoms with Crippen LogP contribution in [0.15, 0.2) is 48.5 Å². The average Bonchev–Trinajstić information content (AvgIpc) is 3.21. The lowest BCUT2D eigenvalue weighted by molar-refractivity contribution is -0.137. The van der Waals surface area contributed by atoms with E-state index in [1.807, 2.05) is 55.5 Å². The highest BCUT2D eigenvalue weighted by Crippen LogP contribution is 2.26. The van der Waals surface area contributed by atoms with Gasteiger partial charge >= 0.3 is 0 Å². The molecule has 2 aromatic carbocycles. The van der Waals surface area contributed by atoms with E-state index in [4.69, 9.17) is 4.74 Å². The second-order valence-electron chi connectivity index (χ2n) is 8.63. The number of ether oxygens (including phenoxy) is 1. The highest BCUT2D eigenvalue weighted by molar-refractivity contribution is 6.01. The third-order valence-corrected chi connectivity index (χ3v) is 6.10. The molecule has 33 heavy (non-hydrogen) atoms. The summed E-state index contributed by atoms with van der Waals surface area (Å²) in [4.78, 5) is 43.1. The second kappa shape index (κ2) is 10.0. The van der Waals surface area contributed by atoms with E-state index in [0.717, 1.165) is 30.0 Å². The van der Waals surface area contributed by atoms with Crippen molar-refractivity contribution in [2.24, 2.45) is 5.92 Å². The van der Waals surface area contributed by atoms with Crippen molar-refractivity contribution in [2.75, 3.05) is 61.6 Å². The topological polar surface area (TPSA) is 82.2 Å². The standard InChI is InChI=1S/C25H30N4O4/c1-18-3-7-22(8-4-18)29-16-19(15-24(29)31)25(32)27(2)17-23(30)26-20-5-9-21(10-6-20)28-11-13-33-14-12-28/h3-10,19H,11-17H2,1-2H3,(H,26,30). The van der Waals surface area contributed by atoms with Crippen LogP contribution in [0.1, 0.15) is 12.0 Å². The number of morpholine rings is 1. The van der Waals surface area contributed by atoms with Gasteiger partial charge in [0, 0.05) is 50.2 Å². The molecule has 0 saturated carbocycles. The molecule has 2 fully saturated rings. The Morgan fingerprint density at radius 1 is 1.03 bits per heavy atom. The van der Waals surface area contributed by atoms with Gasteiger partial charge in [0.2, 0.25) is 17.7 Å². The Bertz CT molecular complexity index is 1000. The van der Waals surface area contributed by atoms with Crippen LogP contribution < -0.4 is 15.1 Å². The van der Waals surface area contributed by atoms with E-state index in [1.54, 1.807) is 11.9 Å². The van der Waals surface area contributed by atoms with Crippen LogP contribution in [-0.2, 0) is 19.1 Å². The maximum absolute atomic E-state index is 12.9. The number of aryl methyl sites for hydroxylation is 1. The van der Waals surface area contributed by atoms with Crippen molar-refractivity contribution in [3.05, 3.63) is 54.1 Å². The number of nitrogens with one attached hydrogen (secondary N) is 1. The number of nitrogens with zero attached hydrogens (tertiary/aromatic N) is 3. The van der Waals surface area contributed by atoms with Crippen LogP contribution in [0.5, 0.6) is 0 Å². The van der Waals surface area contributed by atoms with E-state index < -0.39 is 5.92 Å². The molecule has 174 valence electrons. The molecule has 2 heterocycles. The van der Waals surface area contributed by atoms with Crippen molar-refractivity contribution >= 4 is 34.8 Å². The number of hydrogen-bond acceptors (Lipinski definition) is 5. The first-order valence-electron chi connectivity index (χ1n) is 11.3. The summed E-state index contributed by atoms with van der Waals surface area (Å²) in [5, 5.41) is 2.84. The maximum atomic E-state index is 12.9. The molecule has 8 nitrogen and oxygen atoms in total. The van der Waals surface area contributed by atoms with Crippen molar-refractivity contribution in [3.63, 3.8) is 0 Å². The van der Waals surface area contributed by atoms with Crippen LogP contribution in [0.25, 0.3) is 0 Å². The lowest BCUT2D eigenvalue weighted by atomic mass is 10.1. The minimum Gasteiger partial charge on any atom is -0.378 e. The molecule has 0 aromatic heterocycles. The van der Waals surface area contributed by atoms with Crippen LogP contribution >= 0.6 is 0 Å². The first-order valence-corrected chi connectivity index (χ1v) is 11.3. The Balaban J connectivity index is 1.29. The van der Waals surface area contributed by atoms with Gasteiger partial charge in [-0.15, -0.1) is 0 Å². The van der Waals surface area contributed by atoms with E-state index in [9.17, 15) is 14.4 Å². The van der Waals surface area contributed by atoms with E-state index in [-0.39, 0.29) is 30.7 Å². The molecule has 3 amide bonds. The molecule has 8 heteroatoms. The van der Waals surface area contributed by atoms with Crippen molar-refractivity contribution in [1.82, 2.24) is 4.90 Å².